The summed E-state index contributed by atoms with van der Waals surface area (Å²) in [5.74, 6) is 1.72. The highest BCUT2D eigenvalue weighted by molar-refractivity contribution is 9.10. The number of thiol groups is 1. The van der Waals surface area contributed by atoms with E-state index in [9.17, 15) is 32.4 Å². The van der Waals surface area contributed by atoms with Crippen LogP contribution in [0.1, 0.15) is 161 Å². The third-order valence-electron chi connectivity index (χ3n) is 18.7. The fourth-order valence-corrected chi connectivity index (χ4v) is 16.0. The van der Waals surface area contributed by atoms with Crippen LogP contribution in [0, 0.1) is 61.1 Å². The standard InChI is InChI=1S/C21H21NO2S.C19H17NO2S.C14H17BrO2S.C9H16O2.C8H14O3.C7H6BNO2.C6H5BrS.CH3ClO2S.CH4/c1-2-24-20(23)13-21(11-12-21)15-25-19-6-4-3-5-18(19)17-9-7-16(14-22)8-10-17;20-12-14-5-7-15(8-6-14)16-3-1-2-4-17(16)23-13-19(9-10-19)11-18(21)22;1-2-17-13(16)9-14(7-8-14)10-18-12-6-4-3-5-11(12)15;1-3-9(5-6-9)7-8(10)11-4-2;1-2-11-7(10)5-8(6-9)3-4-8;9-5-6-1-3-7(4-2-6)8(10)11;7-5-3-1-2-4-6(5)8;1-5(2,3)4;/h3-10H,2,11-13,15H2,1H3;1-8H,9-11,13H2,(H,21,22);3-6H,2,7-10H2,1H3;3-7H2,1-2H3;9H,2-6H2,1H3;1-4,10-11H;1-4,8H;1H3;1H4. The second kappa shape index (κ2) is 49.7. The van der Waals surface area contributed by atoms with Gasteiger partial charge in [-0.15, -0.1) is 47.9 Å². The number of rotatable bonds is 28. The molecule has 606 valence electrons. The Labute approximate surface area is 707 Å². The second-order valence-electron chi connectivity index (χ2n) is 27.9. The average molecular weight is 1790 g/mol. The Morgan fingerprint density at radius 3 is 1.04 bits per heavy atom. The van der Waals surface area contributed by atoms with Gasteiger partial charge in [0.05, 0.1) is 99.7 Å². The summed E-state index contributed by atoms with van der Waals surface area (Å²) in [6, 6.07) is 60.0. The number of thioether (sulfide) groups is 3. The number of benzene rings is 7. The van der Waals surface area contributed by atoms with Crippen LogP contribution in [0.5, 0.6) is 0 Å². The van der Waals surface area contributed by atoms with Gasteiger partial charge < -0.3 is 39.2 Å². The van der Waals surface area contributed by atoms with E-state index in [0.29, 0.717) is 79.7 Å². The van der Waals surface area contributed by atoms with Crippen LogP contribution < -0.4 is 5.46 Å². The summed E-state index contributed by atoms with van der Waals surface area (Å²) >= 11 is 16.4. The molecule has 0 heterocycles. The highest BCUT2D eigenvalue weighted by Crippen LogP contribution is 2.56. The van der Waals surface area contributed by atoms with Gasteiger partial charge in [0.1, 0.15) is 0 Å². The zero-order valence-corrected chi connectivity index (χ0v) is 72.1. The zero-order valence-electron chi connectivity index (χ0n) is 64.0. The molecule has 0 bridgehead atoms. The number of carbonyl (C=O) groups excluding carboxylic acids is 4. The minimum Gasteiger partial charge on any atom is -0.481 e. The van der Waals surface area contributed by atoms with Crippen molar-refractivity contribution in [1.82, 2.24) is 0 Å². The van der Waals surface area contributed by atoms with Gasteiger partial charge in [-0.3, -0.25) is 24.0 Å². The Kier molecular flexibility index (Phi) is 43.3. The molecular formula is C86H103BBr2ClN3O15S5. The normalized spacial score (nSPS) is 14.7. The molecule has 0 spiro atoms. The van der Waals surface area contributed by atoms with Crippen LogP contribution >= 0.6 is 90.5 Å². The van der Waals surface area contributed by atoms with Crippen molar-refractivity contribution in [1.29, 1.82) is 15.8 Å². The number of aliphatic hydroxyl groups is 1. The van der Waals surface area contributed by atoms with E-state index in [1.165, 1.54) is 52.5 Å². The molecular weight excluding hydrogens is 1680 g/mol. The van der Waals surface area contributed by atoms with Gasteiger partial charge in [0.25, 0.3) is 0 Å². The first kappa shape index (κ1) is 98.3. The molecule has 0 unspecified atom stereocenters. The van der Waals surface area contributed by atoms with Crippen molar-refractivity contribution in [3.63, 3.8) is 0 Å². The van der Waals surface area contributed by atoms with E-state index in [4.69, 9.17) is 55.0 Å². The van der Waals surface area contributed by atoms with Crippen molar-refractivity contribution in [3.8, 4) is 40.5 Å². The molecule has 0 atom stereocenters. The fraction of sp³-hybridized carbons (Fsp3) is 0.419. The maximum atomic E-state index is 11.8. The highest BCUT2D eigenvalue weighted by Gasteiger charge is 2.47. The van der Waals surface area contributed by atoms with Crippen LogP contribution in [0.2, 0.25) is 0 Å². The average Bonchev–Trinajstić information content (AvgIpc) is 1.49. The first-order valence-electron chi connectivity index (χ1n) is 36.9. The molecule has 5 fully saturated rings. The lowest BCUT2D eigenvalue weighted by Gasteiger charge is -2.15. The molecule has 12 rings (SSSR count). The first-order valence-corrected chi connectivity index (χ1v) is 44.6. The van der Waals surface area contributed by atoms with Gasteiger partial charge in [0.2, 0.25) is 9.05 Å². The minimum atomic E-state index is -3.19. The number of carboxylic acid groups (broad SMARTS) is 1. The zero-order chi connectivity index (χ0) is 82.4. The number of carbonyl (C=O) groups is 5. The molecule has 0 amide bonds. The Morgan fingerprint density at radius 1 is 0.469 bits per heavy atom. The van der Waals surface area contributed by atoms with Gasteiger partial charge >= 0.3 is 37.0 Å². The molecule has 0 aromatic heterocycles. The molecule has 4 N–H and O–H groups in total. The summed E-state index contributed by atoms with van der Waals surface area (Å²) in [6.07, 6.45) is 15.2. The quantitative estimate of drug-likeness (QED) is 0.00760. The Hall–Kier alpha value is -7.10. The summed E-state index contributed by atoms with van der Waals surface area (Å²) in [4.78, 5) is 60.9. The number of aliphatic hydroxyl groups excluding tert-OH is 1. The second-order valence-corrected chi connectivity index (χ2v) is 36.2. The van der Waals surface area contributed by atoms with E-state index < -0.39 is 22.1 Å². The molecule has 5 saturated carbocycles. The predicted molar refractivity (Wildman–Crippen MR) is 462 cm³/mol. The van der Waals surface area contributed by atoms with E-state index in [-0.39, 0.29) is 66.0 Å². The summed E-state index contributed by atoms with van der Waals surface area (Å²) in [5.41, 5.74) is 7.22. The number of nitriles is 3. The number of carboxylic acids is 1. The number of hydrogen-bond acceptors (Lipinski definition) is 21. The molecule has 0 aliphatic heterocycles. The van der Waals surface area contributed by atoms with E-state index >= 15 is 0 Å². The smallest absolute Gasteiger partial charge is 0.481 e. The van der Waals surface area contributed by atoms with E-state index in [0.717, 1.165) is 117 Å². The monoisotopic (exact) mass is 1780 g/mol. The van der Waals surface area contributed by atoms with E-state index in [2.05, 4.69) is 105 Å². The lowest BCUT2D eigenvalue weighted by Crippen LogP contribution is -2.29. The van der Waals surface area contributed by atoms with Crippen molar-refractivity contribution in [2.24, 2.45) is 27.1 Å². The van der Waals surface area contributed by atoms with E-state index in [1.807, 2.05) is 166 Å². The van der Waals surface area contributed by atoms with Gasteiger partial charge in [-0.1, -0.05) is 111 Å². The fourth-order valence-electron chi connectivity index (χ4n) is 11.0. The SMILES string of the molecule is C.CCOC(=O)CC1(CC)CC1.CCOC(=O)CC1(CO)CC1.CCOC(=O)CC1(CSc2ccccc2-c2ccc(C#N)cc2)CC1.CCOC(=O)CC1(CSc2ccccc2Br)CC1.CS(=O)(=O)Cl.N#Cc1ccc(-c2ccccc2SCC2(CC(=O)O)CC2)cc1.N#Cc1ccc(B(O)O)cc1.Sc1ccccc1Br. The van der Waals surface area contributed by atoms with E-state index in [1.54, 1.807) is 18.7 Å². The van der Waals surface area contributed by atoms with Gasteiger partial charge in [-0.25, -0.2) is 8.42 Å². The van der Waals surface area contributed by atoms with Gasteiger partial charge in [-0.2, -0.15) is 15.8 Å². The Balaban J connectivity index is 0.000000283. The number of halogens is 3. The molecule has 5 aliphatic carbocycles. The largest absolute Gasteiger partial charge is 0.488 e. The van der Waals surface area contributed by atoms with Gasteiger partial charge in [-0.05, 0) is 252 Å². The molecule has 7 aromatic carbocycles. The van der Waals surface area contributed by atoms with Gasteiger partial charge in [0, 0.05) is 68.5 Å². The van der Waals surface area contributed by atoms with Crippen LogP contribution in [0.4, 0.5) is 0 Å². The molecule has 27 heteroatoms. The maximum Gasteiger partial charge on any atom is 0.488 e. The topological polar surface area (TPSA) is 309 Å². The van der Waals surface area contributed by atoms with Crippen molar-refractivity contribution >= 4 is 142 Å². The number of ether oxygens (including phenoxy) is 4. The third kappa shape index (κ3) is 38.0. The molecule has 5 aliphatic rings. The Bertz CT molecular complexity index is 4340. The summed E-state index contributed by atoms with van der Waals surface area (Å²) in [5, 5.41) is 61.5. The van der Waals surface area contributed by atoms with Crippen LogP contribution in [-0.4, -0.2) is 122 Å². The van der Waals surface area contributed by atoms with Crippen LogP contribution in [-0.2, 0) is 52.0 Å². The minimum absolute atomic E-state index is 0. The molecule has 113 heavy (non-hydrogen) atoms. The summed E-state index contributed by atoms with van der Waals surface area (Å²) < 4.78 is 40.8. The summed E-state index contributed by atoms with van der Waals surface area (Å²) in [6.45, 7) is 11.5. The summed E-state index contributed by atoms with van der Waals surface area (Å²) in [7, 11) is -0.148. The lowest BCUT2D eigenvalue weighted by atomic mass is 9.80. The molecule has 0 saturated heterocycles. The third-order valence-corrected chi connectivity index (χ3v) is 25.4. The Morgan fingerprint density at radius 2 is 0.761 bits per heavy atom. The number of nitrogens with zero attached hydrogens (tertiary/aromatic N) is 3. The van der Waals surface area contributed by atoms with Crippen molar-refractivity contribution in [3.05, 3.63) is 195 Å². The maximum absolute atomic E-state index is 11.8. The number of hydrogen-bond donors (Lipinski definition) is 5. The van der Waals surface area contributed by atoms with Crippen molar-refractivity contribution in [2.45, 2.75) is 164 Å². The van der Waals surface area contributed by atoms with Crippen molar-refractivity contribution in [2.75, 3.05) is 56.5 Å². The first-order chi connectivity index (χ1) is 53.4. The molecule has 18 nitrogen and oxygen atoms in total. The van der Waals surface area contributed by atoms with Crippen LogP contribution in [0.25, 0.3) is 22.3 Å². The predicted octanol–water partition coefficient (Wildman–Crippen LogP) is 19.5. The lowest BCUT2D eigenvalue weighted by molar-refractivity contribution is -0.145. The van der Waals surface area contributed by atoms with Gasteiger partial charge in [0.15, 0.2) is 0 Å². The molecule has 7 aromatic rings. The molecule has 0 radical (unpaired) electrons. The van der Waals surface area contributed by atoms with Crippen LogP contribution in [0.15, 0.2) is 198 Å². The number of aliphatic carboxylic acids is 1. The highest BCUT2D eigenvalue weighted by atomic mass is 79.9. The van der Waals surface area contributed by atoms with Crippen LogP contribution in [0.3, 0.4) is 0 Å². The van der Waals surface area contributed by atoms with Crippen molar-refractivity contribution < 1.29 is 71.6 Å². The number of esters is 4.